The van der Waals surface area contributed by atoms with Crippen LogP contribution in [0.3, 0.4) is 0 Å². The van der Waals surface area contributed by atoms with Crippen LogP contribution in [-0.4, -0.2) is 14.2 Å². The second kappa shape index (κ2) is 5.14. The van der Waals surface area contributed by atoms with Crippen LogP contribution in [0.25, 0.3) is 0 Å². The minimum atomic E-state index is -0.781. The molecule has 0 saturated heterocycles. The van der Waals surface area contributed by atoms with Gasteiger partial charge in [-0.2, -0.15) is 0 Å². The second-order valence-electron chi connectivity index (χ2n) is 4.05. The first-order chi connectivity index (χ1) is 9.04. The first kappa shape index (κ1) is 13.1. The summed E-state index contributed by atoms with van der Waals surface area (Å²) in [5.41, 5.74) is 6.48. The van der Waals surface area contributed by atoms with E-state index in [1.54, 1.807) is 30.1 Å². The van der Waals surface area contributed by atoms with E-state index in [1.165, 1.54) is 13.2 Å². The van der Waals surface area contributed by atoms with E-state index in [0.717, 1.165) is 6.07 Å². The van der Waals surface area contributed by atoms with Crippen molar-refractivity contribution in [3.8, 4) is 5.75 Å². The van der Waals surface area contributed by atoms with Crippen molar-refractivity contribution in [2.24, 2.45) is 0 Å². The lowest BCUT2D eigenvalue weighted by Crippen LogP contribution is -2.14. The number of halogens is 2. The van der Waals surface area contributed by atoms with Crippen molar-refractivity contribution < 1.29 is 13.5 Å². The quantitative estimate of drug-likeness (QED) is 0.864. The van der Waals surface area contributed by atoms with E-state index in [2.05, 4.69) is 0 Å². The van der Waals surface area contributed by atoms with Crippen LogP contribution in [0.4, 0.5) is 25.8 Å². The molecule has 0 amide bonds. The molecule has 0 heterocycles. The number of rotatable bonds is 3. The molecular weight excluding hydrogens is 250 g/mol. The van der Waals surface area contributed by atoms with Crippen LogP contribution in [0.5, 0.6) is 5.75 Å². The molecule has 19 heavy (non-hydrogen) atoms. The second-order valence-corrected chi connectivity index (χ2v) is 4.05. The maximum absolute atomic E-state index is 13.5. The molecule has 0 radical (unpaired) electrons. The van der Waals surface area contributed by atoms with E-state index in [4.69, 9.17) is 10.5 Å². The molecule has 0 aromatic heterocycles. The summed E-state index contributed by atoms with van der Waals surface area (Å²) in [7, 11) is 3.20. The SMILES string of the molecule is COc1ccccc1N(C)c1cc(F)cc(F)c1N. The maximum atomic E-state index is 13.5. The van der Waals surface area contributed by atoms with Crippen LogP contribution < -0.4 is 15.4 Å². The van der Waals surface area contributed by atoms with Gasteiger partial charge in [0.25, 0.3) is 0 Å². The Morgan fingerprint density at radius 3 is 2.47 bits per heavy atom. The predicted molar refractivity (Wildman–Crippen MR) is 71.8 cm³/mol. The number of hydrogen-bond acceptors (Lipinski definition) is 3. The van der Waals surface area contributed by atoms with E-state index in [1.807, 2.05) is 6.07 Å². The molecular formula is C14H14F2N2O. The Balaban J connectivity index is 2.53. The first-order valence-corrected chi connectivity index (χ1v) is 5.66. The van der Waals surface area contributed by atoms with Gasteiger partial charge in [0.2, 0.25) is 0 Å². The van der Waals surface area contributed by atoms with E-state index in [0.29, 0.717) is 11.4 Å². The highest BCUT2D eigenvalue weighted by atomic mass is 19.1. The number of benzene rings is 2. The average Bonchev–Trinajstić information content (AvgIpc) is 2.42. The van der Waals surface area contributed by atoms with Gasteiger partial charge >= 0.3 is 0 Å². The number of hydrogen-bond donors (Lipinski definition) is 1. The van der Waals surface area contributed by atoms with Crippen molar-refractivity contribution in [2.75, 3.05) is 24.8 Å². The minimum Gasteiger partial charge on any atom is -0.495 e. The van der Waals surface area contributed by atoms with Gasteiger partial charge in [0.15, 0.2) is 5.82 Å². The molecule has 0 saturated carbocycles. The molecule has 0 aliphatic heterocycles. The van der Waals surface area contributed by atoms with Gasteiger partial charge in [0.05, 0.1) is 24.2 Å². The fraction of sp³-hybridized carbons (Fsp3) is 0.143. The van der Waals surface area contributed by atoms with E-state index in [-0.39, 0.29) is 11.4 Å². The van der Waals surface area contributed by atoms with E-state index >= 15 is 0 Å². The number of nitrogens with two attached hydrogens (primary N) is 1. The zero-order chi connectivity index (χ0) is 14.0. The molecule has 0 spiro atoms. The summed E-state index contributed by atoms with van der Waals surface area (Å²) in [5.74, 6) is -0.866. The third-order valence-electron chi connectivity index (χ3n) is 2.88. The Hall–Kier alpha value is -2.30. The molecule has 3 nitrogen and oxygen atoms in total. The molecule has 2 N–H and O–H groups in total. The van der Waals surface area contributed by atoms with Crippen molar-refractivity contribution in [1.82, 2.24) is 0 Å². The molecule has 2 aromatic carbocycles. The van der Waals surface area contributed by atoms with Crippen LogP contribution in [-0.2, 0) is 0 Å². The van der Waals surface area contributed by atoms with Crippen molar-refractivity contribution in [2.45, 2.75) is 0 Å². The molecule has 100 valence electrons. The number of methoxy groups -OCH3 is 1. The van der Waals surface area contributed by atoms with Crippen LogP contribution >= 0.6 is 0 Å². The first-order valence-electron chi connectivity index (χ1n) is 5.66. The maximum Gasteiger partial charge on any atom is 0.151 e. The van der Waals surface area contributed by atoms with Crippen LogP contribution in [0.1, 0.15) is 0 Å². The molecule has 0 fully saturated rings. The minimum absolute atomic E-state index is 0.102. The van der Waals surface area contributed by atoms with Gasteiger partial charge in [-0.1, -0.05) is 12.1 Å². The Labute approximate surface area is 110 Å². The number of nitrogens with zero attached hydrogens (tertiary/aromatic N) is 1. The van der Waals surface area contributed by atoms with E-state index < -0.39 is 11.6 Å². The summed E-state index contributed by atoms with van der Waals surface area (Å²) < 4.78 is 32.0. The highest BCUT2D eigenvalue weighted by molar-refractivity contribution is 5.77. The molecule has 2 aromatic rings. The van der Waals surface area contributed by atoms with Gasteiger partial charge in [0.1, 0.15) is 11.6 Å². The largest absolute Gasteiger partial charge is 0.495 e. The smallest absolute Gasteiger partial charge is 0.151 e. The number of anilines is 3. The van der Waals surface area contributed by atoms with E-state index in [9.17, 15) is 8.78 Å². The Bertz CT molecular complexity index is 602. The van der Waals surface area contributed by atoms with Gasteiger partial charge < -0.3 is 15.4 Å². The molecule has 0 atom stereocenters. The van der Waals surface area contributed by atoms with Gasteiger partial charge in [-0.15, -0.1) is 0 Å². The average molecular weight is 264 g/mol. The summed E-state index contributed by atoms with van der Waals surface area (Å²) in [6, 6.07) is 9.10. The predicted octanol–water partition coefficient (Wildman–Crippen LogP) is 3.32. The summed E-state index contributed by atoms with van der Waals surface area (Å²) in [6.45, 7) is 0. The highest BCUT2D eigenvalue weighted by Gasteiger charge is 2.15. The van der Waals surface area contributed by atoms with Crippen molar-refractivity contribution in [3.63, 3.8) is 0 Å². The number of para-hydroxylation sites is 2. The molecule has 0 bridgehead atoms. The van der Waals surface area contributed by atoms with Gasteiger partial charge in [-0.25, -0.2) is 8.78 Å². The topological polar surface area (TPSA) is 38.5 Å². The monoisotopic (exact) mass is 264 g/mol. The standard InChI is InChI=1S/C14H14F2N2O/c1-18(11-5-3-4-6-13(11)19-2)12-8-9(15)7-10(16)14(12)17/h3-8H,17H2,1-2H3. The third kappa shape index (κ3) is 2.45. The Morgan fingerprint density at radius 2 is 1.79 bits per heavy atom. The van der Waals surface area contributed by atoms with Gasteiger partial charge in [0, 0.05) is 13.1 Å². The normalized spacial score (nSPS) is 10.3. The lowest BCUT2D eigenvalue weighted by atomic mass is 10.2. The summed E-state index contributed by atoms with van der Waals surface area (Å²) in [4.78, 5) is 1.58. The van der Waals surface area contributed by atoms with Crippen LogP contribution in [0, 0.1) is 11.6 Å². The van der Waals surface area contributed by atoms with Gasteiger partial charge in [-0.3, -0.25) is 0 Å². The number of nitrogen functional groups attached to an aromatic ring is 1. The lowest BCUT2D eigenvalue weighted by Gasteiger charge is -2.23. The third-order valence-corrected chi connectivity index (χ3v) is 2.88. The van der Waals surface area contributed by atoms with Crippen molar-refractivity contribution in [3.05, 3.63) is 48.0 Å². The highest BCUT2D eigenvalue weighted by Crippen LogP contribution is 2.36. The molecule has 2 rings (SSSR count). The van der Waals surface area contributed by atoms with Crippen molar-refractivity contribution >= 4 is 17.1 Å². The Morgan fingerprint density at radius 1 is 1.11 bits per heavy atom. The summed E-state index contributed by atoms with van der Waals surface area (Å²) >= 11 is 0. The van der Waals surface area contributed by atoms with Crippen molar-refractivity contribution in [1.29, 1.82) is 0 Å². The molecule has 0 unspecified atom stereocenters. The lowest BCUT2D eigenvalue weighted by molar-refractivity contribution is 0.415. The van der Waals surface area contributed by atoms with Crippen LogP contribution in [0.15, 0.2) is 36.4 Å². The zero-order valence-electron chi connectivity index (χ0n) is 10.7. The number of ether oxygens (including phenoxy) is 1. The van der Waals surface area contributed by atoms with Gasteiger partial charge in [-0.05, 0) is 18.2 Å². The Kier molecular flexibility index (Phi) is 3.55. The fourth-order valence-electron chi connectivity index (χ4n) is 1.89. The summed E-state index contributed by atoms with van der Waals surface area (Å²) in [6.07, 6.45) is 0. The molecule has 5 heteroatoms. The fourth-order valence-corrected chi connectivity index (χ4v) is 1.89. The van der Waals surface area contributed by atoms with Crippen LogP contribution in [0.2, 0.25) is 0 Å². The summed E-state index contributed by atoms with van der Waals surface area (Å²) in [5, 5.41) is 0. The zero-order valence-corrected chi connectivity index (χ0v) is 10.7. The molecule has 0 aliphatic rings. The molecule has 0 aliphatic carbocycles.